The molecule has 0 aliphatic carbocycles. The van der Waals surface area contributed by atoms with E-state index in [2.05, 4.69) is 29.9 Å². The van der Waals surface area contributed by atoms with Gasteiger partial charge in [-0.05, 0) is 86.1 Å². The molecule has 0 aliphatic rings. The first-order valence-electron chi connectivity index (χ1n) is 14.5. The summed E-state index contributed by atoms with van der Waals surface area (Å²) in [6.45, 7) is 11.7. The normalized spacial score (nSPS) is 13.2. The second kappa shape index (κ2) is 14.7. The summed E-state index contributed by atoms with van der Waals surface area (Å²) in [4.78, 5) is 47.3. The highest BCUT2D eigenvalue weighted by atomic mass is 16.5. The third kappa shape index (κ3) is 8.02. The molecule has 10 nitrogen and oxygen atoms in total. The Morgan fingerprint density at radius 3 is 2.39 bits per heavy atom. The van der Waals surface area contributed by atoms with E-state index in [9.17, 15) is 19.5 Å². The number of carbonyl (C=O) groups is 3. The van der Waals surface area contributed by atoms with Crippen molar-refractivity contribution in [2.45, 2.75) is 66.6 Å². The molecule has 0 spiro atoms. The molecule has 0 aliphatic heterocycles. The molecule has 0 unspecified atom stereocenters. The van der Waals surface area contributed by atoms with Crippen molar-refractivity contribution in [2.75, 3.05) is 7.11 Å². The van der Waals surface area contributed by atoms with Crippen LogP contribution in [0.25, 0.3) is 5.57 Å². The molecular formula is C34H43N5O5. The molecule has 1 aromatic heterocycles. The summed E-state index contributed by atoms with van der Waals surface area (Å²) in [6.07, 6.45) is 8.07. The Balaban J connectivity index is 2.00. The molecule has 0 saturated carbocycles. The van der Waals surface area contributed by atoms with Crippen molar-refractivity contribution >= 4 is 23.4 Å². The summed E-state index contributed by atoms with van der Waals surface area (Å²) in [7, 11) is 1.40. The van der Waals surface area contributed by atoms with E-state index in [1.165, 1.54) is 13.2 Å². The first-order valence-corrected chi connectivity index (χ1v) is 14.5. The first-order chi connectivity index (χ1) is 20.8. The Kier molecular flexibility index (Phi) is 11.3. The van der Waals surface area contributed by atoms with Crippen LogP contribution in [0.1, 0.15) is 88.2 Å². The summed E-state index contributed by atoms with van der Waals surface area (Å²) in [5, 5.41) is 9.73. The predicted octanol–water partition coefficient (Wildman–Crippen LogP) is 5.11. The van der Waals surface area contributed by atoms with E-state index in [0.717, 1.165) is 22.4 Å². The Morgan fingerprint density at radius 2 is 1.80 bits per heavy atom. The molecule has 2 aromatic carbocycles. The summed E-state index contributed by atoms with van der Waals surface area (Å²) >= 11 is 0. The molecule has 0 fully saturated rings. The zero-order valence-electron chi connectivity index (χ0n) is 26.5. The van der Waals surface area contributed by atoms with Gasteiger partial charge in [0, 0.05) is 12.1 Å². The summed E-state index contributed by atoms with van der Waals surface area (Å²) in [5.41, 5.74) is 17.2. The SMILES string of the molecule is C/C=C(\C=C/C(C)C)c1cnc([C@H](C)N(Cc2ccc(OC)c(C(=O)O)c2)C(=O)[C@@H](N)Cc2cc(C)c(C(N)=O)cc2C)[nH]1. The molecule has 6 N–H and O–H groups in total. The van der Waals surface area contributed by atoms with Gasteiger partial charge < -0.3 is 31.2 Å². The maximum Gasteiger partial charge on any atom is 0.339 e. The molecule has 10 heteroatoms. The lowest BCUT2D eigenvalue weighted by molar-refractivity contribution is -0.135. The van der Waals surface area contributed by atoms with Gasteiger partial charge >= 0.3 is 5.97 Å². The summed E-state index contributed by atoms with van der Waals surface area (Å²) in [5.74, 6) is -0.844. The van der Waals surface area contributed by atoms with Crippen molar-refractivity contribution in [1.29, 1.82) is 0 Å². The number of amides is 2. The first kappa shape index (κ1) is 33.8. The minimum Gasteiger partial charge on any atom is -0.496 e. The second-order valence-electron chi connectivity index (χ2n) is 11.3. The molecule has 0 bridgehead atoms. The number of nitrogens with zero attached hydrogens (tertiary/aromatic N) is 2. The van der Waals surface area contributed by atoms with Crippen LogP contribution in [0.15, 0.2) is 54.8 Å². The number of nitrogens with one attached hydrogen (secondary N) is 1. The van der Waals surface area contributed by atoms with Crippen LogP contribution in [0.2, 0.25) is 0 Å². The smallest absolute Gasteiger partial charge is 0.339 e. The van der Waals surface area contributed by atoms with E-state index in [1.54, 1.807) is 36.2 Å². The second-order valence-corrected chi connectivity index (χ2v) is 11.3. The van der Waals surface area contributed by atoms with Gasteiger partial charge in [0.25, 0.3) is 0 Å². The minimum absolute atomic E-state index is 0.00931. The average Bonchev–Trinajstić information content (AvgIpc) is 3.46. The lowest BCUT2D eigenvalue weighted by Gasteiger charge is -2.31. The van der Waals surface area contributed by atoms with Gasteiger partial charge in [-0.25, -0.2) is 9.78 Å². The average molecular weight is 602 g/mol. The number of ether oxygens (including phenoxy) is 1. The number of rotatable bonds is 13. The van der Waals surface area contributed by atoms with Gasteiger partial charge in [-0.15, -0.1) is 0 Å². The van der Waals surface area contributed by atoms with Crippen molar-refractivity contribution in [3.05, 3.63) is 99.7 Å². The van der Waals surface area contributed by atoms with Crippen molar-refractivity contribution in [3.8, 4) is 5.75 Å². The largest absolute Gasteiger partial charge is 0.496 e. The number of H-pyrrole nitrogens is 1. The number of hydrogen-bond acceptors (Lipinski definition) is 6. The van der Waals surface area contributed by atoms with E-state index >= 15 is 0 Å². The number of primary amides is 1. The zero-order chi connectivity index (χ0) is 32.7. The number of aryl methyl sites for hydroxylation is 2. The third-order valence-electron chi connectivity index (χ3n) is 7.58. The van der Waals surface area contributed by atoms with Crippen LogP contribution in [0, 0.1) is 19.8 Å². The highest BCUT2D eigenvalue weighted by Gasteiger charge is 2.29. The molecular weight excluding hydrogens is 558 g/mol. The van der Waals surface area contributed by atoms with E-state index in [-0.39, 0.29) is 30.2 Å². The quantitative estimate of drug-likeness (QED) is 0.198. The van der Waals surface area contributed by atoms with Crippen molar-refractivity contribution in [3.63, 3.8) is 0 Å². The molecule has 44 heavy (non-hydrogen) atoms. The summed E-state index contributed by atoms with van der Waals surface area (Å²) in [6, 6.07) is 6.88. The van der Waals surface area contributed by atoms with Gasteiger partial charge in [-0.1, -0.05) is 44.2 Å². The number of aromatic amines is 1. The Morgan fingerprint density at radius 1 is 1.09 bits per heavy atom. The standard InChI is InChI=1S/C34H43N5O5/c1-8-24(11-9-19(2)3)29-17-37-32(38-29)22(6)39(18-23-10-12-30(44-7)27(15-23)34(42)43)33(41)28(35)16-25-13-21(5)26(31(36)40)14-20(25)4/h8-15,17,19,22,28H,16,18,35H2,1-7H3,(H2,36,40)(H,37,38)(H,42,43)/b11-9-,24-8+/t22-,28-/m0/s1. The monoisotopic (exact) mass is 601 g/mol. The van der Waals surface area contributed by atoms with Crippen LogP contribution in [-0.4, -0.2) is 50.9 Å². The number of carboxylic acids is 1. The lowest BCUT2D eigenvalue weighted by atomic mass is 9.94. The van der Waals surface area contributed by atoms with Gasteiger partial charge in [0.05, 0.1) is 31.1 Å². The number of nitrogens with two attached hydrogens (primary N) is 2. The fourth-order valence-electron chi connectivity index (χ4n) is 5.00. The van der Waals surface area contributed by atoms with Crippen molar-refractivity contribution in [1.82, 2.24) is 14.9 Å². The predicted molar refractivity (Wildman–Crippen MR) is 171 cm³/mol. The van der Waals surface area contributed by atoms with Gasteiger partial charge in [-0.2, -0.15) is 0 Å². The Bertz CT molecular complexity index is 1590. The number of imidazole rings is 1. The van der Waals surface area contributed by atoms with Crippen LogP contribution in [0.4, 0.5) is 0 Å². The van der Waals surface area contributed by atoms with E-state index in [1.807, 2.05) is 39.0 Å². The van der Waals surface area contributed by atoms with Crippen molar-refractivity contribution in [2.24, 2.45) is 17.4 Å². The third-order valence-corrected chi connectivity index (χ3v) is 7.58. The van der Waals surface area contributed by atoms with E-state index in [0.29, 0.717) is 28.4 Å². The minimum atomic E-state index is -1.14. The zero-order valence-corrected chi connectivity index (χ0v) is 26.5. The van der Waals surface area contributed by atoms with Crippen LogP contribution < -0.4 is 16.2 Å². The molecule has 0 radical (unpaired) electrons. The van der Waals surface area contributed by atoms with Gasteiger partial charge in [-0.3, -0.25) is 9.59 Å². The van der Waals surface area contributed by atoms with Crippen LogP contribution in [0.3, 0.4) is 0 Å². The highest BCUT2D eigenvalue weighted by Crippen LogP contribution is 2.27. The number of aromatic carboxylic acids is 1. The topological polar surface area (TPSA) is 165 Å². The molecule has 2 atom stereocenters. The van der Waals surface area contributed by atoms with Gasteiger partial charge in [0.1, 0.15) is 17.1 Å². The van der Waals surface area contributed by atoms with E-state index < -0.39 is 24.0 Å². The number of carboxylic acid groups (broad SMARTS) is 1. The number of aromatic nitrogens is 2. The lowest BCUT2D eigenvalue weighted by Crippen LogP contribution is -2.46. The summed E-state index contributed by atoms with van der Waals surface area (Å²) < 4.78 is 5.21. The van der Waals surface area contributed by atoms with Crippen LogP contribution in [-0.2, 0) is 17.8 Å². The molecule has 2 amide bonds. The maximum absolute atomic E-state index is 14.1. The number of benzene rings is 2. The number of allylic oxidation sites excluding steroid dienone is 4. The molecule has 1 heterocycles. The number of methoxy groups -OCH3 is 1. The fraction of sp³-hybridized carbons (Fsp3) is 0.353. The Labute approximate surface area is 258 Å². The van der Waals surface area contributed by atoms with Gasteiger partial charge in [0.2, 0.25) is 11.8 Å². The molecule has 234 valence electrons. The molecule has 0 saturated heterocycles. The van der Waals surface area contributed by atoms with Crippen LogP contribution >= 0.6 is 0 Å². The van der Waals surface area contributed by atoms with E-state index in [4.69, 9.17) is 16.2 Å². The number of carbonyl (C=O) groups excluding carboxylic acids is 2. The fourth-order valence-corrected chi connectivity index (χ4v) is 5.00. The number of hydrogen-bond donors (Lipinski definition) is 4. The maximum atomic E-state index is 14.1. The van der Waals surface area contributed by atoms with Gasteiger partial charge in [0.15, 0.2) is 0 Å². The van der Waals surface area contributed by atoms with Crippen LogP contribution in [0.5, 0.6) is 5.75 Å². The Hall–Kier alpha value is -4.70. The molecule has 3 rings (SSSR count). The highest BCUT2D eigenvalue weighted by molar-refractivity contribution is 5.94. The molecule has 3 aromatic rings. The van der Waals surface area contributed by atoms with Crippen molar-refractivity contribution < 1.29 is 24.2 Å².